The second-order valence-electron chi connectivity index (χ2n) is 6.30. The van der Waals surface area contributed by atoms with Crippen molar-refractivity contribution in [2.24, 2.45) is 0 Å². The molecular weight excluding hydrogens is 378 g/mol. The average Bonchev–Trinajstić information content (AvgIpc) is 3.17. The molecule has 2 aromatic carbocycles. The first-order chi connectivity index (χ1) is 13.7. The van der Waals surface area contributed by atoms with Crippen LogP contribution in [0.1, 0.15) is 20.8 Å². The summed E-state index contributed by atoms with van der Waals surface area (Å²) >= 11 is 1.27. The van der Waals surface area contributed by atoms with Crippen molar-refractivity contribution < 1.29 is 19.1 Å². The number of hydrogen-bond acceptors (Lipinski definition) is 6. The molecule has 0 radical (unpaired) electrons. The number of nitrogens with one attached hydrogen (secondary N) is 2. The molecule has 4 rings (SSSR count). The lowest BCUT2D eigenvalue weighted by Crippen LogP contribution is -2.39. The van der Waals surface area contributed by atoms with Crippen molar-refractivity contribution >= 4 is 39.1 Å². The Balaban J connectivity index is 1.47. The summed E-state index contributed by atoms with van der Waals surface area (Å²) in [4.78, 5) is 25.4. The summed E-state index contributed by atoms with van der Waals surface area (Å²) in [7, 11) is 0. The number of nitrogens with zero attached hydrogens (tertiary/aromatic N) is 1. The Kier molecular flexibility index (Phi) is 5.61. The molecule has 1 aliphatic rings. The van der Waals surface area contributed by atoms with Gasteiger partial charge in [-0.25, -0.2) is 0 Å². The highest BCUT2D eigenvalue weighted by Crippen LogP contribution is 2.24. The number of para-hydroxylation sites is 1. The van der Waals surface area contributed by atoms with Crippen LogP contribution in [0.5, 0.6) is 0 Å². The summed E-state index contributed by atoms with van der Waals surface area (Å²) in [5.41, 5.74) is 1.17. The molecule has 8 heteroatoms. The molecule has 0 aliphatic carbocycles. The maximum atomic E-state index is 12.7. The van der Waals surface area contributed by atoms with E-state index in [1.807, 2.05) is 24.3 Å². The maximum Gasteiger partial charge on any atom is 0.276 e. The van der Waals surface area contributed by atoms with Crippen LogP contribution in [0.2, 0.25) is 0 Å². The minimum Gasteiger partial charge on any atom is -0.376 e. The topological polar surface area (TPSA) is 89.5 Å². The van der Waals surface area contributed by atoms with Crippen LogP contribution in [0, 0.1) is 0 Å². The number of benzene rings is 2. The SMILES string of the molecule is O=C(NC[C@H]1COCCO1)c1ccccc1NC(=O)c1nsc2ccccc12. The van der Waals surface area contributed by atoms with E-state index in [2.05, 4.69) is 15.0 Å². The summed E-state index contributed by atoms with van der Waals surface area (Å²) in [6.45, 7) is 1.90. The highest BCUT2D eigenvalue weighted by molar-refractivity contribution is 7.13. The summed E-state index contributed by atoms with van der Waals surface area (Å²) < 4.78 is 16.1. The largest absolute Gasteiger partial charge is 0.376 e. The standard InChI is InChI=1S/C20H19N3O4S/c24-19(21-11-13-12-26-9-10-27-13)14-5-1-3-7-16(14)22-20(25)18-15-6-2-4-8-17(15)28-23-18/h1-8,13H,9-12H2,(H,21,24)(H,22,25)/t13-/m0/s1. The van der Waals surface area contributed by atoms with Gasteiger partial charge in [0.05, 0.1) is 41.9 Å². The van der Waals surface area contributed by atoms with Gasteiger partial charge in [0, 0.05) is 11.9 Å². The monoisotopic (exact) mass is 397 g/mol. The second kappa shape index (κ2) is 8.47. The van der Waals surface area contributed by atoms with Gasteiger partial charge in [0.1, 0.15) is 5.69 Å². The van der Waals surface area contributed by atoms with E-state index in [1.54, 1.807) is 24.3 Å². The van der Waals surface area contributed by atoms with Crippen molar-refractivity contribution in [3.05, 3.63) is 59.8 Å². The van der Waals surface area contributed by atoms with Gasteiger partial charge in [-0.3, -0.25) is 9.59 Å². The van der Waals surface area contributed by atoms with Crippen LogP contribution >= 0.6 is 11.5 Å². The van der Waals surface area contributed by atoms with Crippen LogP contribution in [0.25, 0.3) is 10.1 Å². The van der Waals surface area contributed by atoms with E-state index in [4.69, 9.17) is 9.47 Å². The van der Waals surface area contributed by atoms with E-state index in [9.17, 15) is 9.59 Å². The molecule has 0 unspecified atom stereocenters. The normalized spacial score (nSPS) is 16.6. The Morgan fingerprint density at radius 3 is 2.75 bits per heavy atom. The summed E-state index contributed by atoms with van der Waals surface area (Å²) in [5, 5.41) is 6.44. The van der Waals surface area contributed by atoms with Gasteiger partial charge in [0.2, 0.25) is 0 Å². The number of carbonyl (C=O) groups excluding carboxylic acids is 2. The number of aromatic nitrogens is 1. The Hall–Kier alpha value is -2.81. The minimum absolute atomic E-state index is 0.166. The molecule has 0 bridgehead atoms. The summed E-state index contributed by atoms with van der Waals surface area (Å²) in [6.07, 6.45) is -0.166. The quantitative estimate of drug-likeness (QED) is 0.691. The third kappa shape index (κ3) is 4.04. The van der Waals surface area contributed by atoms with Crippen molar-refractivity contribution in [1.82, 2.24) is 9.69 Å². The molecule has 2 heterocycles. The zero-order chi connectivity index (χ0) is 19.3. The molecule has 28 heavy (non-hydrogen) atoms. The molecule has 1 atom stereocenters. The first-order valence-corrected chi connectivity index (χ1v) is 9.72. The van der Waals surface area contributed by atoms with Gasteiger partial charge in [0.25, 0.3) is 11.8 Å². The van der Waals surface area contributed by atoms with Crippen LogP contribution in [0.15, 0.2) is 48.5 Å². The van der Waals surface area contributed by atoms with Crippen LogP contribution in [-0.2, 0) is 9.47 Å². The lowest BCUT2D eigenvalue weighted by Gasteiger charge is -2.23. The van der Waals surface area contributed by atoms with Gasteiger partial charge in [0.15, 0.2) is 0 Å². The molecule has 2 amide bonds. The van der Waals surface area contributed by atoms with E-state index in [0.717, 1.165) is 10.1 Å². The van der Waals surface area contributed by atoms with Crippen LogP contribution in [0.3, 0.4) is 0 Å². The molecule has 1 aliphatic heterocycles. The van der Waals surface area contributed by atoms with Gasteiger partial charge in [-0.1, -0.05) is 30.3 Å². The third-order valence-corrected chi connectivity index (χ3v) is 5.21. The van der Waals surface area contributed by atoms with E-state index in [-0.39, 0.29) is 17.9 Å². The molecule has 1 saturated heterocycles. The van der Waals surface area contributed by atoms with Crippen molar-refractivity contribution in [1.29, 1.82) is 0 Å². The number of carbonyl (C=O) groups is 2. The van der Waals surface area contributed by atoms with Crippen molar-refractivity contribution in [2.75, 3.05) is 31.7 Å². The van der Waals surface area contributed by atoms with Crippen molar-refractivity contribution in [3.8, 4) is 0 Å². The van der Waals surface area contributed by atoms with E-state index in [1.165, 1.54) is 11.5 Å². The molecule has 2 N–H and O–H groups in total. The van der Waals surface area contributed by atoms with Crippen molar-refractivity contribution in [3.63, 3.8) is 0 Å². The number of amides is 2. The van der Waals surface area contributed by atoms with Gasteiger partial charge < -0.3 is 20.1 Å². The van der Waals surface area contributed by atoms with Crippen LogP contribution in [0.4, 0.5) is 5.69 Å². The first kappa shape index (κ1) is 18.5. The Bertz CT molecular complexity index is 998. The Labute approximate surface area is 165 Å². The predicted octanol–water partition coefficient (Wildman–Crippen LogP) is 2.69. The zero-order valence-corrected chi connectivity index (χ0v) is 15.8. The lowest BCUT2D eigenvalue weighted by atomic mass is 10.1. The molecule has 7 nitrogen and oxygen atoms in total. The molecule has 144 valence electrons. The fourth-order valence-electron chi connectivity index (χ4n) is 2.98. The molecule has 3 aromatic rings. The predicted molar refractivity (Wildman–Crippen MR) is 107 cm³/mol. The van der Waals surface area contributed by atoms with Gasteiger partial charge in [-0.15, -0.1) is 0 Å². The smallest absolute Gasteiger partial charge is 0.276 e. The number of rotatable bonds is 5. The molecular formula is C20H19N3O4S. The fraction of sp³-hybridized carbons (Fsp3) is 0.250. The second-order valence-corrected chi connectivity index (χ2v) is 7.11. The highest BCUT2D eigenvalue weighted by atomic mass is 32.1. The average molecular weight is 397 g/mol. The van der Waals surface area contributed by atoms with E-state index in [0.29, 0.717) is 43.3 Å². The first-order valence-electron chi connectivity index (χ1n) is 8.95. The Morgan fingerprint density at radius 1 is 1.07 bits per heavy atom. The maximum absolute atomic E-state index is 12.7. The van der Waals surface area contributed by atoms with Crippen LogP contribution in [-0.4, -0.2) is 48.7 Å². The zero-order valence-electron chi connectivity index (χ0n) is 15.0. The van der Waals surface area contributed by atoms with Gasteiger partial charge in [-0.05, 0) is 29.7 Å². The molecule has 1 aromatic heterocycles. The van der Waals surface area contributed by atoms with Gasteiger partial charge >= 0.3 is 0 Å². The summed E-state index contributed by atoms with van der Waals surface area (Å²) in [5.74, 6) is -0.630. The third-order valence-electron chi connectivity index (χ3n) is 4.39. The molecule has 0 spiro atoms. The fourth-order valence-corrected chi connectivity index (χ4v) is 3.75. The number of anilines is 1. The van der Waals surface area contributed by atoms with Crippen molar-refractivity contribution in [2.45, 2.75) is 6.10 Å². The molecule has 0 saturated carbocycles. The summed E-state index contributed by atoms with van der Waals surface area (Å²) in [6, 6.07) is 14.4. The van der Waals surface area contributed by atoms with Gasteiger partial charge in [-0.2, -0.15) is 4.37 Å². The molecule has 1 fully saturated rings. The lowest BCUT2D eigenvalue weighted by molar-refractivity contribution is -0.0855. The van der Waals surface area contributed by atoms with E-state index >= 15 is 0 Å². The highest BCUT2D eigenvalue weighted by Gasteiger charge is 2.19. The van der Waals surface area contributed by atoms with E-state index < -0.39 is 0 Å². The minimum atomic E-state index is -0.346. The Morgan fingerprint density at radius 2 is 1.89 bits per heavy atom. The van der Waals surface area contributed by atoms with Crippen LogP contribution < -0.4 is 10.6 Å². The number of hydrogen-bond donors (Lipinski definition) is 2. The number of ether oxygens (including phenoxy) is 2. The number of fused-ring (bicyclic) bond motifs is 1.